The Morgan fingerprint density at radius 3 is 2.15 bits per heavy atom. The van der Waals surface area contributed by atoms with E-state index in [0.717, 1.165) is 21.9 Å². The molecule has 234 valence electrons. The highest BCUT2D eigenvalue weighted by Gasteiger charge is 2.76. The SMILES string of the molecule is Cc1cc([C@H]2C3=CC[C@@H]4C(=O)N(c5ccc([N+](=O)[O-])cc5)C(=O)[C@@H]4[C@@H]3C[C@@]3(Cl)C(=O)N(c4ccc(F)cc4)C(=O)[C@@]23Cl)ccc1O. The maximum Gasteiger partial charge on any atom is 0.269 e. The Bertz CT molecular complexity index is 1920. The van der Waals surface area contributed by atoms with Crippen LogP contribution in [0, 0.1) is 40.6 Å². The lowest BCUT2D eigenvalue weighted by atomic mass is 9.56. The summed E-state index contributed by atoms with van der Waals surface area (Å²) in [6, 6.07) is 14.5. The smallest absolute Gasteiger partial charge is 0.269 e. The monoisotopic (exact) mass is 663 g/mol. The number of carbonyl (C=O) groups excluding carboxylic acids is 4. The molecule has 13 heteroatoms. The molecule has 6 atom stereocenters. The van der Waals surface area contributed by atoms with Gasteiger partial charge < -0.3 is 5.11 Å². The quantitative estimate of drug-likeness (QED) is 0.128. The van der Waals surface area contributed by atoms with E-state index in [2.05, 4.69) is 0 Å². The minimum Gasteiger partial charge on any atom is -0.508 e. The summed E-state index contributed by atoms with van der Waals surface area (Å²) in [4.78, 5) is 64.8. The summed E-state index contributed by atoms with van der Waals surface area (Å²) in [5.74, 6) is -6.94. The van der Waals surface area contributed by atoms with Gasteiger partial charge in [-0.25, -0.2) is 9.29 Å². The molecule has 10 nitrogen and oxygen atoms in total. The normalized spacial score (nSPS) is 30.2. The van der Waals surface area contributed by atoms with Crippen LogP contribution in [-0.2, 0) is 19.2 Å². The molecular weight excluding hydrogens is 640 g/mol. The summed E-state index contributed by atoms with van der Waals surface area (Å²) < 4.78 is 13.8. The van der Waals surface area contributed by atoms with Crippen molar-refractivity contribution in [3.05, 3.63) is 105 Å². The van der Waals surface area contributed by atoms with Gasteiger partial charge in [-0.05, 0) is 79.3 Å². The van der Waals surface area contributed by atoms with Crippen LogP contribution >= 0.6 is 23.2 Å². The van der Waals surface area contributed by atoms with Crippen LogP contribution in [-0.4, -0.2) is 43.4 Å². The number of fused-ring (bicyclic) bond motifs is 4. The van der Waals surface area contributed by atoms with Crippen LogP contribution in [0.4, 0.5) is 21.5 Å². The summed E-state index contributed by atoms with van der Waals surface area (Å²) >= 11 is 14.7. The lowest BCUT2D eigenvalue weighted by Gasteiger charge is -2.50. The van der Waals surface area contributed by atoms with Crippen LogP contribution < -0.4 is 9.80 Å². The van der Waals surface area contributed by atoms with Gasteiger partial charge in [-0.1, -0.05) is 23.8 Å². The van der Waals surface area contributed by atoms with E-state index in [0.29, 0.717) is 16.7 Å². The average Bonchev–Trinajstić information content (AvgIpc) is 3.37. The first kappa shape index (κ1) is 30.1. The Hall–Kier alpha value is -4.61. The van der Waals surface area contributed by atoms with Gasteiger partial charge in [0, 0.05) is 18.1 Å². The topological polar surface area (TPSA) is 138 Å². The van der Waals surface area contributed by atoms with E-state index in [-0.39, 0.29) is 35.7 Å². The number of benzene rings is 3. The van der Waals surface area contributed by atoms with Gasteiger partial charge in [0.1, 0.15) is 11.6 Å². The lowest BCUT2D eigenvalue weighted by Crippen LogP contribution is -2.60. The molecule has 3 fully saturated rings. The molecule has 4 aliphatic rings. The molecule has 0 aromatic heterocycles. The Morgan fingerprint density at radius 2 is 1.52 bits per heavy atom. The minimum absolute atomic E-state index is 0.00775. The van der Waals surface area contributed by atoms with E-state index < -0.39 is 67.8 Å². The fourth-order valence-electron chi connectivity index (χ4n) is 7.61. The fourth-order valence-corrected chi connectivity index (χ4v) is 8.54. The summed E-state index contributed by atoms with van der Waals surface area (Å²) in [7, 11) is 0. The maximum absolute atomic E-state index is 14.4. The third-order valence-electron chi connectivity index (χ3n) is 9.77. The summed E-state index contributed by atoms with van der Waals surface area (Å²) in [6.45, 7) is 1.66. The molecule has 0 spiro atoms. The number of alkyl halides is 2. The number of hydrogen-bond donors (Lipinski definition) is 1. The van der Waals surface area contributed by atoms with Gasteiger partial charge in [0.25, 0.3) is 17.5 Å². The standard InChI is InChI=1S/C33H24Cl2FN3O7/c1-16-14-17(2-13-25(16)40)27-22-11-12-23-26(29(42)37(28(23)41)19-7-9-21(10-8-19)39(45)46)24(22)15-32(34)30(43)38(31(44)33(27,32)35)20-5-3-18(36)4-6-20/h2-11,13-14,23-24,26-27,40H,12,15H2,1H3/t23-,24+,26-,27-,32+,33-/m0/s1. The van der Waals surface area contributed by atoms with Gasteiger partial charge in [-0.3, -0.25) is 34.2 Å². The number of non-ortho nitro benzene ring substituents is 1. The van der Waals surface area contributed by atoms with Crippen molar-refractivity contribution in [2.75, 3.05) is 9.80 Å². The maximum atomic E-state index is 14.4. The average molecular weight is 664 g/mol. The third-order valence-corrected chi connectivity index (χ3v) is 11.2. The Kier molecular flexibility index (Phi) is 6.67. The highest BCUT2D eigenvalue weighted by molar-refractivity contribution is 6.58. The zero-order valence-corrected chi connectivity index (χ0v) is 25.5. The summed E-state index contributed by atoms with van der Waals surface area (Å²) in [6.07, 6.45) is 1.65. The van der Waals surface area contributed by atoms with E-state index in [1.54, 1.807) is 25.1 Å². The molecule has 0 radical (unpaired) electrons. The summed E-state index contributed by atoms with van der Waals surface area (Å²) in [5.41, 5.74) is 1.53. The van der Waals surface area contributed by atoms with Crippen molar-refractivity contribution < 1.29 is 33.6 Å². The van der Waals surface area contributed by atoms with Crippen LogP contribution in [0.3, 0.4) is 0 Å². The van der Waals surface area contributed by atoms with Crippen LogP contribution in [0.25, 0.3) is 0 Å². The Labute approximate surface area is 271 Å². The first-order valence-electron chi connectivity index (χ1n) is 14.4. The predicted molar refractivity (Wildman–Crippen MR) is 165 cm³/mol. The number of hydrogen-bond acceptors (Lipinski definition) is 7. The number of allylic oxidation sites excluding steroid dienone is 2. The van der Waals surface area contributed by atoms with Crippen LogP contribution in [0.2, 0.25) is 0 Å². The van der Waals surface area contributed by atoms with E-state index in [4.69, 9.17) is 23.2 Å². The van der Waals surface area contributed by atoms with E-state index in [1.807, 2.05) is 0 Å². The molecule has 0 unspecified atom stereocenters. The second-order valence-corrected chi connectivity index (χ2v) is 13.3. The van der Waals surface area contributed by atoms with Crippen molar-refractivity contribution in [2.45, 2.75) is 35.4 Å². The van der Waals surface area contributed by atoms with Crippen molar-refractivity contribution in [2.24, 2.45) is 17.8 Å². The molecule has 2 aliphatic heterocycles. The largest absolute Gasteiger partial charge is 0.508 e. The Morgan fingerprint density at radius 1 is 0.891 bits per heavy atom. The number of nitro benzene ring substituents is 1. The van der Waals surface area contributed by atoms with Gasteiger partial charge in [0.05, 0.1) is 28.1 Å². The second kappa shape index (κ2) is 10.2. The number of rotatable bonds is 4. The Balaban J connectivity index is 1.37. The van der Waals surface area contributed by atoms with Crippen LogP contribution in [0.1, 0.15) is 29.9 Å². The van der Waals surface area contributed by atoms with Gasteiger partial charge >= 0.3 is 0 Å². The molecule has 3 aromatic rings. The number of halogens is 3. The van der Waals surface area contributed by atoms with Crippen molar-refractivity contribution in [1.82, 2.24) is 0 Å². The molecule has 2 heterocycles. The zero-order chi connectivity index (χ0) is 32.9. The fraction of sp³-hybridized carbons (Fsp3) is 0.273. The molecule has 1 saturated carbocycles. The number of anilines is 2. The summed E-state index contributed by atoms with van der Waals surface area (Å²) in [5, 5.41) is 21.5. The number of amides is 4. The molecular formula is C33H24Cl2FN3O7. The number of phenolic OH excluding ortho intramolecular Hbond substituents is 1. The van der Waals surface area contributed by atoms with Crippen LogP contribution in [0.15, 0.2) is 78.4 Å². The van der Waals surface area contributed by atoms with Crippen molar-refractivity contribution >= 4 is 63.9 Å². The van der Waals surface area contributed by atoms with Gasteiger partial charge in [0.2, 0.25) is 11.8 Å². The highest BCUT2D eigenvalue weighted by Crippen LogP contribution is 2.66. The molecule has 2 saturated heterocycles. The van der Waals surface area contributed by atoms with Crippen molar-refractivity contribution in [3.8, 4) is 5.75 Å². The van der Waals surface area contributed by atoms with E-state index in [1.165, 1.54) is 42.5 Å². The third kappa shape index (κ3) is 3.94. The van der Waals surface area contributed by atoms with Gasteiger partial charge in [0.15, 0.2) is 9.75 Å². The molecule has 4 amide bonds. The predicted octanol–water partition coefficient (Wildman–Crippen LogP) is 5.52. The van der Waals surface area contributed by atoms with Gasteiger partial charge in [-0.2, -0.15) is 0 Å². The number of nitro groups is 1. The second-order valence-electron chi connectivity index (χ2n) is 12.1. The molecule has 46 heavy (non-hydrogen) atoms. The van der Waals surface area contributed by atoms with Crippen molar-refractivity contribution in [3.63, 3.8) is 0 Å². The van der Waals surface area contributed by atoms with Gasteiger partial charge in [-0.15, -0.1) is 23.2 Å². The number of aryl methyl sites for hydroxylation is 1. The number of aromatic hydroxyl groups is 1. The molecule has 2 aliphatic carbocycles. The first-order chi connectivity index (χ1) is 21.8. The highest BCUT2D eigenvalue weighted by atomic mass is 35.5. The first-order valence-corrected chi connectivity index (χ1v) is 15.2. The number of nitrogens with zero attached hydrogens (tertiary/aromatic N) is 3. The molecule has 7 rings (SSSR count). The number of imide groups is 2. The zero-order valence-electron chi connectivity index (χ0n) is 24.0. The lowest BCUT2D eigenvalue weighted by molar-refractivity contribution is -0.384. The molecule has 3 aromatic carbocycles. The number of phenols is 1. The minimum atomic E-state index is -2.09. The van der Waals surface area contributed by atoms with E-state index in [9.17, 15) is 38.8 Å². The van der Waals surface area contributed by atoms with Crippen LogP contribution in [0.5, 0.6) is 5.75 Å². The number of carbonyl (C=O) groups is 4. The van der Waals surface area contributed by atoms with Crippen molar-refractivity contribution in [1.29, 1.82) is 0 Å². The molecule has 0 bridgehead atoms. The molecule has 1 N–H and O–H groups in total. The van der Waals surface area contributed by atoms with E-state index >= 15 is 0 Å².